The monoisotopic (exact) mass is 338 g/mol. The van der Waals surface area contributed by atoms with Crippen molar-refractivity contribution in [1.82, 2.24) is 19.7 Å². The van der Waals surface area contributed by atoms with E-state index in [0.717, 1.165) is 11.3 Å². The van der Waals surface area contributed by atoms with Crippen molar-refractivity contribution < 1.29 is 4.74 Å². The SMILES string of the molecule is COc1ccc(-c2cn3cccnc3n2)cc1N=C(NC#N)SC. The minimum atomic E-state index is 0.490. The number of amidine groups is 1. The quantitative estimate of drug-likeness (QED) is 0.342. The molecule has 7 nitrogen and oxygen atoms in total. The predicted molar refractivity (Wildman–Crippen MR) is 94.3 cm³/mol. The standard InChI is InChI=1S/C16H14N6OS/c1-23-14-5-4-11(8-12(14)21-16(24-2)19-10-17)13-9-22-7-3-6-18-15(22)20-13/h3-9H,1-2H3,(H,19,21). The Balaban J connectivity index is 2.07. The lowest BCUT2D eigenvalue weighted by Gasteiger charge is -2.07. The summed E-state index contributed by atoms with van der Waals surface area (Å²) in [4.78, 5) is 13.2. The molecule has 0 spiro atoms. The Hall–Kier alpha value is -3.05. The normalized spacial score (nSPS) is 11.3. The van der Waals surface area contributed by atoms with E-state index in [1.807, 2.05) is 53.5 Å². The summed E-state index contributed by atoms with van der Waals surface area (Å²) in [5, 5.41) is 11.8. The fraction of sp³-hybridized carbons (Fsp3) is 0.125. The first-order valence-electron chi connectivity index (χ1n) is 7.01. The molecule has 120 valence electrons. The number of thioether (sulfide) groups is 1. The van der Waals surface area contributed by atoms with E-state index in [1.54, 1.807) is 13.3 Å². The second-order valence-electron chi connectivity index (χ2n) is 4.70. The van der Waals surface area contributed by atoms with Gasteiger partial charge in [-0.25, -0.2) is 15.0 Å². The van der Waals surface area contributed by atoms with Crippen LogP contribution in [-0.4, -0.2) is 32.9 Å². The number of imidazole rings is 1. The van der Waals surface area contributed by atoms with E-state index in [-0.39, 0.29) is 0 Å². The first kappa shape index (κ1) is 15.8. The minimum Gasteiger partial charge on any atom is -0.494 e. The van der Waals surface area contributed by atoms with Crippen LogP contribution in [0.5, 0.6) is 5.75 Å². The molecule has 3 rings (SSSR count). The molecular weight excluding hydrogens is 324 g/mol. The molecule has 0 saturated heterocycles. The van der Waals surface area contributed by atoms with Gasteiger partial charge in [0.1, 0.15) is 11.4 Å². The summed E-state index contributed by atoms with van der Waals surface area (Å²) < 4.78 is 7.21. The molecule has 1 aromatic carbocycles. The van der Waals surface area contributed by atoms with Crippen LogP contribution in [-0.2, 0) is 0 Å². The Kier molecular flexibility index (Phi) is 4.63. The topological polar surface area (TPSA) is 87.6 Å². The fourth-order valence-electron chi connectivity index (χ4n) is 2.19. The van der Waals surface area contributed by atoms with E-state index >= 15 is 0 Å². The number of aliphatic imine (C=N–C) groups is 1. The van der Waals surface area contributed by atoms with Crippen molar-refractivity contribution in [3.05, 3.63) is 42.9 Å². The van der Waals surface area contributed by atoms with Crippen molar-refractivity contribution in [2.45, 2.75) is 0 Å². The Labute approximate surface area is 143 Å². The number of fused-ring (bicyclic) bond motifs is 1. The molecule has 8 heteroatoms. The Morgan fingerprint density at radius 1 is 1.46 bits per heavy atom. The Bertz CT molecular complexity index is 910. The molecule has 0 aliphatic carbocycles. The van der Waals surface area contributed by atoms with Gasteiger partial charge in [-0.15, -0.1) is 0 Å². The third kappa shape index (κ3) is 3.16. The van der Waals surface area contributed by atoms with E-state index in [0.29, 0.717) is 22.4 Å². The van der Waals surface area contributed by atoms with Gasteiger partial charge in [-0.2, -0.15) is 5.26 Å². The summed E-state index contributed by atoms with van der Waals surface area (Å²) in [6, 6.07) is 7.46. The van der Waals surface area contributed by atoms with Crippen LogP contribution < -0.4 is 10.1 Å². The zero-order valence-corrected chi connectivity index (χ0v) is 13.9. The van der Waals surface area contributed by atoms with Gasteiger partial charge in [0.25, 0.3) is 0 Å². The van der Waals surface area contributed by atoms with Gasteiger partial charge in [0.2, 0.25) is 5.78 Å². The van der Waals surface area contributed by atoms with E-state index in [1.165, 1.54) is 11.8 Å². The summed E-state index contributed by atoms with van der Waals surface area (Å²) in [5.41, 5.74) is 2.29. The van der Waals surface area contributed by atoms with Gasteiger partial charge >= 0.3 is 0 Å². The van der Waals surface area contributed by atoms with Crippen molar-refractivity contribution in [3.8, 4) is 23.2 Å². The number of rotatable bonds is 3. The van der Waals surface area contributed by atoms with Crippen LogP contribution in [0.25, 0.3) is 17.0 Å². The van der Waals surface area contributed by atoms with E-state index in [2.05, 4.69) is 20.3 Å². The largest absolute Gasteiger partial charge is 0.494 e. The highest BCUT2D eigenvalue weighted by atomic mass is 32.2. The number of aromatic nitrogens is 3. The number of ether oxygens (including phenoxy) is 1. The van der Waals surface area contributed by atoms with E-state index < -0.39 is 0 Å². The van der Waals surface area contributed by atoms with Gasteiger partial charge in [0.05, 0.1) is 12.8 Å². The molecule has 0 atom stereocenters. The number of nitrogens with zero attached hydrogens (tertiary/aromatic N) is 5. The maximum Gasteiger partial charge on any atom is 0.234 e. The fourth-order valence-corrected chi connectivity index (χ4v) is 2.52. The van der Waals surface area contributed by atoms with Gasteiger partial charge in [0.15, 0.2) is 11.4 Å². The number of nitriles is 1. The van der Waals surface area contributed by atoms with Crippen molar-refractivity contribution in [1.29, 1.82) is 5.26 Å². The van der Waals surface area contributed by atoms with Crippen molar-refractivity contribution in [3.63, 3.8) is 0 Å². The van der Waals surface area contributed by atoms with E-state index in [4.69, 9.17) is 10.00 Å². The zero-order chi connectivity index (χ0) is 16.9. The van der Waals surface area contributed by atoms with Gasteiger partial charge in [-0.1, -0.05) is 11.8 Å². The summed E-state index contributed by atoms with van der Waals surface area (Å²) in [7, 11) is 1.58. The predicted octanol–water partition coefficient (Wildman–Crippen LogP) is 2.83. The molecule has 2 aromatic heterocycles. The maximum absolute atomic E-state index is 8.78. The lowest BCUT2D eigenvalue weighted by molar-refractivity contribution is 0.416. The van der Waals surface area contributed by atoms with Gasteiger partial charge in [-0.3, -0.25) is 9.72 Å². The first-order valence-corrected chi connectivity index (χ1v) is 8.23. The highest BCUT2D eigenvalue weighted by Gasteiger charge is 2.10. The summed E-state index contributed by atoms with van der Waals surface area (Å²) in [6.45, 7) is 0. The van der Waals surface area contributed by atoms with Crippen LogP contribution in [0.3, 0.4) is 0 Å². The second-order valence-corrected chi connectivity index (χ2v) is 5.49. The average molecular weight is 338 g/mol. The van der Waals surface area contributed by atoms with Crippen molar-refractivity contribution >= 4 is 28.4 Å². The van der Waals surface area contributed by atoms with Gasteiger partial charge in [0, 0.05) is 24.2 Å². The van der Waals surface area contributed by atoms with Crippen LogP contribution in [0.4, 0.5) is 5.69 Å². The number of methoxy groups -OCH3 is 1. The van der Waals surface area contributed by atoms with Crippen LogP contribution in [0, 0.1) is 11.5 Å². The van der Waals surface area contributed by atoms with Gasteiger partial charge < -0.3 is 4.74 Å². The lowest BCUT2D eigenvalue weighted by Crippen LogP contribution is -2.12. The third-order valence-corrected chi connectivity index (χ3v) is 3.87. The molecule has 3 aromatic rings. The zero-order valence-electron chi connectivity index (χ0n) is 13.1. The Morgan fingerprint density at radius 2 is 2.33 bits per heavy atom. The maximum atomic E-state index is 8.78. The molecule has 0 fully saturated rings. The molecule has 0 unspecified atom stereocenters. The van der Waals surface area contributed by atoms with Gasteiger partial charge in [-0.05, 0) is 30.5 Å². The van der Waals surface area contributed by atoms with Crippen LogP contribution in [0.15, 0.2) is 47.8 Å². The van der Waals surface area contributed by atoms with Crippen LogP contribution in [0.1, 0.15) is 0 Å². The third-order valence-electron chi connectivity index (χ3n) is 3.29. The molecule has 0 amide bonds. The molecule has 0 radical (unpaired) electrons. The summed E-state index contributed by atoms with van der Waals surface area (Å²) in [6.07, 6.45) is 9.21. The minimum absolute atomic E-state index is 0.490. The second kappa shape index (κ2) is 7.02. The molecule has 0 aliphatic heterocycles. The first-order chi connectivity index (χ1) is 11.7. The molecular formula is C16H14N6OS. The number of hydrogen-bond donors (Lipinski definition) is 1. The molecule has 0 bridgehead atoms. The van der Waals surface area contributed by atoms with Crippen LogP contribution in [0.2, 0.25) is 0 Å². The summed E-state index contributed by atoms with van der Waals surface area (Å²) in [5.74, 6) is 1.25. The molecule has 24 heavy (non-hydrogen) atoms. The number of hydrogen-bond acceptors (Lipinski definition) is 6. The van der Waals surface area contributed by atoms with Crippen molar-refractivity contribution in [2.75, 3.05) is 13.4 Å². The smallest absolute Gasteiger partial charge is 0.234 e. The van der Waals surface area contributed by atoms with Crippen LogP contribution >= 0.6 is 11.8 Å². The number of nitrogens with one attached hydrogen (secondary N) is 1. The molecule has 2 heterocycles. The average Bonchev–Trinajstić information content (AvgIpc) is 3.05. The molecule has 1 N–H and O–H groups in total. The molecule has 0 saturated carbocycles. The lowest BCUT2D eigenvalue weighted by atomic mass is 10.1. The highest BCUT2D eigenvalue weighted by Crippen LogP contribution is 2.33. The van der Waals surface area contributed by atoms with E-state index in [9.17, 15) is 0 Å². The van der Waals surface area contributed by atoms with Crippen molar-refractivity contribution in [2.24, 2.45) is 4.99 Å². The summed E-state index contributed by atoms with van der Waals surface area (Å²) >= 11 is 1.35. The Morgan fingerprint density at radius 3 is 3.04 bits per heavy atom. The molecule has 0 aliphatic rings. The number of benzene rings is 1. The highest BCUT2D eigenvalue weighted by molar-refractivity contribution is 8.13.